The SMILES string of the molecule is COC(=O)[C@@H]1[C@@H](Cc2ccc(Cl)s2)C(=O)N1C(=O)N[C@H](C)c1ccccc1. The molecule has 0 bridgehead atoms. The zero-order valence-electron chi connectivity index (χ0n) is 14.8. The fraction of sp³-hybridized carbons (Fsp3) is 0.316. The van der Waals surface area contributed by atoms with Crippen LogP contribution in [-0.2, 0) is 20.7 Å². The number of likely N-dealkylation sites (tertiary alicyclic amines) is 1. The first-order valence-electron chi connectivity index (χ1n) is 8.43. The highest BCUT2D eigenvalue weighted by Gasteiger charge is 2.55. The lowest BCUT2D eigenvalue weighted by molar-refractivity contribution is -0.167. The molecule has 0 radical (unpaired) electrons. The van der Waals surface area contributed by atoms with E-state index in [9.17, 15) is 14.4 Å². The second-order valence-electron chi connectivity index (χ2n) is 6.27. The Bertz CT molecular complexity index is 854. The Morgan fingerprint density at radius 3 is 2.56 bits per heavy atom. The Labute approximate surface area is 166 Å². The molecular weight excluding hydrogens is 388 g/mol. The van der Waals surface area contributed by atoms with E-state index in [1.807, 2.05) is 43.3 Å². The number of carbonyl (C=O) groups is 3. The molecule has 0 spiro atoms. The molecule has 1 saturated heterocycles. The summed E-state index contributed by atoms with van der Waals surface area (Å²) in [5.41, 5.74) is 0.901. The van der Waals surface area contributed by atoms with E-state index in [1.54, 1.807) is 6.07 Å². The van der Waals surface area contributed by atoms with Crippen LogP contribution in [0.5, 0.6) is 0 Å². The van der Waals surface area contributed by atoms with Gasteiger partial charge >= 0.3 is 12.0 Å². The third-order valence-electron chi connectivity index (χ3n) is 4.56. The second kappa shape index (κ2) is 8.10. The molecule has 2 aromatic rings. The average Bonchev–Trinajstić information content (AvgIpc) is 3.08. The van der Waals surface area contributed by atoms with Gasteiger partial charge in [-0.2, -0.15) is 0 Å². The molecule has 27 heavy (non-hydrogen) atoms. The largest absolute Gasteiger partial charge is 0.467 e. The predicted molar refractivity (Wildman–Crippen MR) is 103 cm³/mol. The summed E-state index contributed by atoms with van der Waals surface area (Å²) < 4.78 is 5.42. The van der Waals surface area contributed by atoms with Crippen LogP contribution >= 0.6 is 22.9 Å². The number of nitrogens with zero attached hydrogens (tertiary/aromatic N) is 1. The van der Waals surface area contributed by atoms with Gasteiger partial charge in [0.25, 0.3) is 0 Å². The minimum absolute atomic E-state index is 0.306. The minimum Gasteiger partial charge on any atom is -0.467 e. The van der Waals surface area contributed by atoms with Gasteiger partial charge in [0, 0.05) is 4.88 Å². The molecular formula is C19H19ClN2O4S. The minimum atomic E-state index is -0.939. The highest BCUT2D eigenvalue weighted by molar-refractivity contribution is 7.16. The molecule has 0 aliphatic carbocycles. The highest BCUT2D eigenvalue weighted by Crippen LogP contribution is 2.34. The number of methoxy groups -OCH3 is 1. The van der Waals surface area contributed by atoms with Crippen molar-refractivity contribution >= 4 is 40.8 Å². The van der Waals surface area contributed by atoms with E-state index in [4.69, 9.17) is 16.3 Å². The van der Waals surface area contributed by atoms with E-state index in [-0.39, 0.29) is 6.04 Å². The standard InChI is InChI=1S/C19H19ClN2O4S/c1-11(12-6-4-3-5-7-12)21-19(25)22-16(18(24)26-2)14(17(22)23)10-13-8-9-15(20)27-13/h3-9,11,14,16H,10H2,1-2H3,(H,21,25)/t11-,14-,16+/m1/s1. The van der Waals surface area contributed by atoms with Crippen LogP contribution in [0, 0.1) is 5.92 Å². The first-order chi connectivity index (χ1) is 12.9. The maximum absolute atomic E-state index is 12.6. The Balaban J connectivity index is 1.72. The van der Waals surface area contributed by atoms with Crippen molar-refractivity contribution in [3.63, 3.8) is 0 Å². The van der Waals surface area contributed by atoms with Crippen LogP contribution in [0.1, 0.15) is 23.4 Å². The molecule has 0 saturated carbocycles. The Kier molecular flexibility index (Phi) is 5.82. The average molecular weight is 407 g/mol. The molecule has 0 unspecified atom stereocenters. The molecule has 3 atom stereocenters. The fourth-order valence-electron chi connectivity index (χ4n) is 3.12. The summed E-state index contributed by atoms with van der Waals surface area (Å²) in [6, 6.07) is 11.1. The number of nitrogens with one attached hydrogen (secondary N) is 1. The van der Waals surface area contributed by atoms with E-state index < -0.39 is 29.9 Å². The predicted octanol–water partition coefficient (Wildman–Crippen LogP) is 3.41. The normalized spacial score (nSPS) is 20.0. The summed E-state index contributed by atoms with van der Waals surface area (Å²) in [5, 5.41) is 2.77. The summed E-state index contributed by atoms with van der Waals surface area (Å²) in [6.45, 7) is 1.82. The number of benzene rings is 1. The van der Waals surface area contributed by atoms with Gasteiger partial charge in [-0.25, -0.2) is 14.5 Å². The van der Waals surface area contributed by atoms with Crippen LogP contribution in [0.2, 0.25) is 4.34 Å². The number of hydrogen-bond donors (Lipinski definition) is 1. The first kappa shape index (κ1) is 19.4. The number of thiophene rings is 1. The van der Waals surface area contributed by atoms with Crippen molar-refractivity contribution in [1.29, 1.82) is 0 Å². The van der Waals surface area contributed by atoms with Gasteiger partial charge in [-0.1, -0.05) is 41.9 Å². The fourth-order valence-corrected chi connectivity index (χ4v) is 4.27. The van der Waals surface area contributed by atoms with Gasteiger partial charge in [0.1, 0.15) is 0 Å². The van der Waals surface area contributed by atoms with Gasteiger partial charge < -0.3 is 10.1 Å². The third kappa shape index (κ3) is 3.99. The van der Waals surface area contributed by atoms with Gasteiger partial charge in [0.2, 0.25) is 5.91 Å². The molecule has 1 aromatic carbocycles. The molecule has 1 fully saturated rings. The number of esters is 1. The van der Waals surface area contributed by atoms with E-state index >= 15 is 0 Å². The molecule has 1 aliphatic rings. The highest BCUT2D eigenvalue weighted by atomic mass is 35.5. The maximum atomic E-state index is 12.6. The zero-order valence-corrected chi connectivity index (χ0v) is 16.4. The molecule has 1 N–H and O–H groups in total. The Morgan fingerprint density at radius 1 is 1.26 bits per heavy atom. The number of ether oxygens (including phenoxy) is 1. The van der Waals surface area contributed by atoms with E-state index in [1.165, 1.54) is 18.4 Å². The molecule has 6 nitrogen and oxygen atoms in total. The van der Waals surface area contributed by atoms with Crippen LogP contribution in [0.3, 0.4) is 0 Å². The van der Waals surface area contributed by atoms with Crippen LogP contribution in [0.4, 0.5) is 4.79 Å². The summed E-state index contributed by atoms with van der Waals surface area (Å²) >= 11 is 7.28. The smallest absolute Gasteiger partial charge is 0.330 e. The first-order valence-corrected chi connectivity index (χ1v) is 9.62. The molecule has 8 heteroatoms. The summed E-state index contributed by atoms with van der Waals surface area (Å²) in [5.74, 6) is -1.64. The number of amides is 3. The third-order valence-corrected chi connectivity index (χ3v) is 5.82. The van der Waals surface area contributed by atoms with Crippen molar-refractivity contribution in [3.05, 3.63) is 57.2 Å². The lowest BCUT2D eigenvalue weighted by atomic mass is 9.84. The molecule has 3 rings (SSSR count). The van der Waals surface area contributed by atoms with Crippen LogP contribution < -0.4 is 5.32 Å². The number of imide groups is 1. The molecule has 142 valence electrons. The number of urea groups is 1. The maximum Gasteiger partial charge on any atom is 0.330 e. The van der Waals surface area contributed by atoms with Crippen LogP contribution in [-0.4, -0.2) is 36.0 Å². The van der Waals surface area contributed by atoms with Crippen molar-refractivity contribution in [2.24, 2.45) is 5.92 Å². The van der Waals surface area contributed by atoms with E-state index in [0.717, 1.165) is 15.3 Å². The quantitative estimate of drug-likeness (QED) is 0.609. The zero-order chi connectivity index (χ0) is 19.6. The van der Waals surface area contributed by atoms with Gasteiger partial charge in [-0.3, -0.25) is 4.79 Å². The van der Waals surface area contributed by atoms with Crippen molar-refractivity contribution in [3.8, 4) is 0 Å². The van der Waals surface area contributed by atoms with E-state index in [0.29, 0.717) is 10.8 Å². The van der Waals surface area contributed by atoms with Crippen LogP contribution in [0.25, 0.3) is 0 Å². The Hall–Kier alpha value is -2.38. The van der Waals surface area contributed by atoms with Gasteiger partial charge in [-0.15, -0.1) is 11.3 Å². The number of β-lactam (4-membered cyclic amide) rings is 1. The van der Waals surface area contributed by atoms with Crippen molar-refractivity contribution in [2.45, 2.75) is 25.4 Å². The monoisotopic (exact) mass is 406 g/mol. The summed E-state index contributed by atoms with van der Waals surface area (Å²) in [4.78, 5) is 39.2. The lowest BCUT2D eigenvalue weighted by Crippen LogP contribution is -2.68. The van der Waals surface area contributed by atoms with Crippen LogP contribution in [0.15, 0.2) is 42.5 Å². The van der Waals surface area contributed by atoms with Crippen molar-refractivity contribution in [2.75, 3.05) is 7.11 Å². The van der Waals surface area contributed by atoms with Gasteiger partial charge in [-0.05, 0) is 31.0 Å². The van der Waals surface area contributed by atoms with Gasteiger partial charge in [0.05, 0.1) is 23.4 Å². The number of hydrogen-bond acceptors (Lipinski definition) is 5. The molecule has 3 amide bonds. The number of halogens is 1. The molecule has 1 aliphatic heterocycles. The molecule has 1 aromatic heterocycles. The number of carbonyl (C=O) groups excluding carboxylic acids is 3. The van der Waals surface area contributed by atoms with Crippen molar-refractivity contribution in [1.82, 2.24) is 10.2 Å². The second-order valence-corrected chi connectivity index (χ2v) is 8.07. The Morgan fingerprint density at radius 2 is 1.96 bits per heavy atom. The molecule has 2 heterocycles. The van der Waals surface area contributed by atoms with E-state index in [2.05, 4.69) is 5.32 Å². The number of rotatable bonds is 5. The van der Waals surface area contributed by atoms with Gasteiger partial charge in [0.15, 0.2) is 6.04 Å². The topological polar surface area (TPSA) is 75.7 Å². The van der Waals surface area contributed by atoms with Crippen molar-refractivity contribution < 1.29 is 19.1 Å². The summed E-state index contributed by atoms with van der Waals surface area (Å²) in [7, 11) is 1.24. The lowest BCUT2D eigenvalue weighted by Gasteiger charge is -2.43. The summed E-state index contributed by atoms with van der Waals surface area (Å²) in [6.07, 6.45) is 0.341.